The van der Waals surface area contributed by atoms with Crippen LogP contribution in [0.25, 0.3) is 0 Å². The largest absolute Gasteiger partial charge is 0.361 e. The SMILES string of the molecule is CCCS(=O)(=O)N1Cc2cc(C#N)ccc2N(C(C)c2cnc[nH]2)C[C@H]1Cc1ccccc1. The standard InChI is InChI=1S/C25H29N5O2S/c1-3-11-33(31,32)30-16-22-12-21(14-26)9-10-25(22)29(19(2)24-15-27-18-28-24)17-23(30)13-20-7-5-4-6-8-20/h4-10,12,15,18-19,23H,3,11,13,16-17H2,1-2H3,(H,27,28)/t19?,23-/m1/s1. The van der Waals surface area contributed by atoms with Crippen molar-refractivity contribution >= 4 is 15.7 Å². The monoisotopic (exact) mass is 463 g/mol. The zero-order valence-corrected chi connectivity index (χ0v) is 19.8. The minimum atomic E-state index is -3.49. The summed E-state index contributed by atoms with van der Waals surface area (Å²) in [4.78, 5) is 9.61. The number of nitriles is 1. The number of hydrogen-bond acceptors (Lipinski definition) is 5. The lowest BCUT2D eigenvalue weighted by atomic mass is 10.0. The van der Waals surface area contributed by atoms with Gasteiger partial charge in [-0.15, -0.1) is 0 Å². The van der Waals surface area contributed by atoms with Crippen molar-refractivity contribution in [3.8, 4) is 6.07 Å². The van der Waals surface area contributed by atoms with Crippen molar-refractivity contribution in [3.63, 3.8) is 0 Å². The van der Waals surface area contributed by atoms with Crippen LogP contribution in [0.3, 0.4) is 0 Å². The van der Waals surface area contributed by atoms with Crippen LogP contribution in [-0.2, 0) is 23.0 Å². The van der Waals surface area contributed by atoms with Crippen LogP contribution in [0.1, 0.15) is 48.7 Å². The van der Waals surface area contributed by atoms with E-state index in [9.17, 15) is 13.7 Å². The van der Waals surface area contributed by atoms with Crippen LogP contribution in [0.5, 0.6) is 0 Å². The van der Waals surface area contributed by atoms with Gasteiger partial charge in [0.25, 0.3) is 0 Å². The molecule has 172 valence electrons. The molecular weight excluding hydrogens is 434 g/mol. The summed E-state index contributed by atoms with van der Waals surface area (Å²) >= 11 is 0. The lowest BCUT2D eigenvalue weighted by Gasteiger charge is -2.35. The first-order valence-corrected chi connectivity index (χ1v) is 12.8. The number of nitrogens with zero attached hydrogens (tertiary/aromatic N) is 4. The number of anilines is 1. The van der Waals surface area contributed by atoms with Gasteiger partial charge in [-0.05, 0) is 49.1 Å². The summed E-state index contributed by atoms with van der Waals surface area (Å²) < 4.78 is 28.5. The number of rotatable bonds is 7. The summed E-state index contributed by atoms with van der Waals surface area (Å²) in [5.41, 5.74) is 4.36. The molecule has 0 spiro atoms. The van der Waals surface area contributed by atoms with Crippen LogP contribution in [0.2, 0.25) is 0 Å². The zero-order chi connectivity index (χ0) is 23.4. The third-order valence-corrected chi connectivity index (χ3v) is 8.30. The van der Waals surface area contributed by atoms with Gasteiger partial charge in [-0.25, -0.2) is 13.4 Å². The molecule has 8 heteroatoms. The number of sulfonamides is 1. The van der Waals surface area contributed by atoms with Gasteiger partial charge in [-0.3, -0.25) is 0 Å². The van der Waals surface area contributed by atoms with E-state index in [2.05, 4.69) is 27.9 Å². The van der Waals surface area contributed by atoms with E-state index < -0.39 is 10.0 Å². The molecule has 2 aromatic carbocycles. The van der Waals surface area contributed by atoms with Gasteiger partial charge < -0.3 is 9.88 Å². The van der Waals surface area contributed by atoms with E-state index in [4.69, 9.17) is 0 Å². The van der Waals surface area contributed by atoms with Crippen molar-refractivity contribution < 1.29 is 8.42 Å². The molecule has 0 saturated heterocycles. The lowest BCUT2D eigenvalue weighted by molar-refractivity contribution is 0.315. The molecule has 1 N–H and O–H groups in total. The molecule has 1 aliphatic rings. The van der Waals surface area contributed by atoms with Crippen molar-refractivity contribution in [1.82, 2.24) is 14.3 Å². The van der Waals surface area contributed by atoms with Crippen LogP contribution in [0, 0.1) is 11.3 Å². The Bertz CT molecular complexity index is 1220. The molecule has 0 saturated carbocycles. The summed E-state index contributed by atoms with van der Waals surface area (Å²) in [6.45, 7) is 4.75. The molecule has 2 atom stereocenters. The van der Waals surface area contributed by atoms with Gasteiger partial charge >= 0.3 is 0 Å². The Balaban J connectivity index is 1.83. The van der Waals surface area contributed by atoms with E-state index in [1.165, 1.54) is 0 Å². The Morgan fingerprint density at radius 3 is 2.70 bits per heavy atom. The first-order valence-electron chi connectivity index (χ1n) is 11.2. The highest BCUT2D eigenvalue weighted by Gasteiger charge is 2.36. The second-order valence-corrected chi connectivity index (χ2v) is 10.5. The average molecular weight is 464 g/mol. The maximum Gasteiger partial charge on any atom is 0.214 e. The summed E-state index contributed by atoms with van der Waals surface area (Å²) in [5, 5.41) is 9.48. The quantitative estimate of drug-likeness (QED) is 0.571. The number of aromatic nitrogens is 2. The van der Waals surface area contributed by atoms with Crippen LogP contribution in [-0.4, -0.2) is 41.0 Å². The fraction of sp³-hybridized carbons (Fsp3) is 0.360. The molecule has 4 rings (SSSR count). The van der Waals surface area contributed by atoms with E-state index in [1.807, 2.05) is 49.4 Å². The maximum absolute atomic E-state index is 13.4. The van der Waals surface area contributed by atoms with E-state index in [1.54, 1.807) is 22.9 Å². The van der Waals surface area contributed by atoms with Crippen LogP contribution >= 0.6 is 0 Å². The van der Waals surface area contributed by atoms with Crippen LogP contribution in [0.15, 0.2) is 61.1 Å². The number of aromatic amines is 1. The molecule has 1 aromatic heterocycles. The van der Waals surface area contributed by atoms with E-state index in [-0.39, 0.29) is 24.4 Å². The highest BCUT2D eigenvalue weighted by molar-refractivity contribution is 7.89. The number of imidazole rings is 1. The fourth-order valence-corrected chi connectivity index (χ4v) is 6.24. The zero-order valence-electron chi connectivity index (χ0n) is 19.0. The summed E-state index contributed by atoms with van der Waals surface area (Å²) in [6.07, 6.45) is 4.62. The van der Waals surface area contributed by atoms with E-state index >= 15 is 0 Å². The molecule has 33 heavy (non-hydrogen) atoms. The van der Waals surface area contributed by atoms with Crippen molar-refractivity contribution in [3.05, 3.63) is 83.4 Å². The smallest absolute Gasteiger partial charge is 0.214 e. The molecule has 0 aliphatic carbocycles. The van der Waals surface area contributed by atoms with Gasteiger partial charge in [0.05, 0.1) is 41.6 Å². The first-order chi connectivity index (χ1) is 15.9. The Kier molecular flexibility index (Phi) is 6.82. The molecule has 0 fully saturated rings. The van der Waals surface area contributed by atoms with Crippen molar-refractivity contribution in [2.24, 2.45) is 0 Å². The third kappa shape index (κ3) is 4.95. The molecule has 3 aromatic rings. The molecule has 0 bridgehead atoms. The maximum atomic E-state index is 13.4. The van der Waals surface area contributed by atoms with Gasteiger partial charge in [0, 0.05) is 24.8 Å². The fourth-order valence-electron chi connectivity index (χ4n) is 4.56. The second-order valence-electron chi connectivity index (χ2n) is 8.50. The molecule has 2 heterocycles. The van der Waals surface area contributed by atoms with E-state index in [0.717, 1.165) is 22.5 Å². The highest BCUT2D eigenvalue weighted by atomic mass is 32.2. The number of hydrogen-bond donors (Lipinski definition) is 1. The second kappa shape index (κ2) is 9.77. The molecule has 1 unspecified atom stereocenters. The summed E-state index contributed by atoms with van der Waals surface area (Å²) in [5.74, 6) is 0.0989. The van der Waals surface area contributed by atoms with Gasteiger partial charge in [0.1, 0.15) is 0 Å². The Morgan fingerprint density at radius 1 is 1.24 bits per heavy atom. The number of nitrogens with one attached hydrogen (secondary N) is 1. The summed E-state index contributed by atoms with van der Waals surface area (Å²) in [6, 6.07) is 17.5. The number of benzene rings is 2. The average Bonchev–Trinajstić information content (AvgIpc) is 3.30. The number of fused-ring (bicyclic) bond motifs is 1. The first kappa shape index (κ1) is 23.0. The molecule has 0 radical (unpaired) electrons. The number of H-pyrrole nitrogens is 1. The van der Waals surface area contributed by atoms with Gasteiger partial charge in [-0.2, -0.15) is 9.57 Å². The van der Waals surface area contributed by atoms with Crippen molar-refractivity contribution in [2.45, 2.75) is 45.3 Å². The van der Waals surface area contributed by atoms with Crippen LogP contribution < -0.4 is 4.90 Å². The molecule has 0 amide bonds. The van der Waals surface area contributed by atoms with E-state index in [0.29, 0.717) is 24.9 Å². The molecule has 7 nitrogen and oxygen atoms in total. The predicted molar refractivity (Wildman–Crippen MR) is 129 cm³/mol. The Hall–Kier alpha value is -3.15. The minimum Gasteiger partial charge on any atom is -0.361 e. The van der Waals surface area contributed by atoms with Crippen molar-refractivity contribution in [1.29, 1.82) is 5.26 Å². The molecule has 1 aliphatic heterocycles. The Labute approximate surface area is 195 Å². The van der Waals surface area contributed by atoms with Gasteiger partial charge in [0.2, 0.25) is 10.0 Å². The van der Waals surface area contributed by atoms with Gasteiger partial charge in [-0.1, -0.05) is 37.3 Å². The normalized spacial score (nSPS) is 17.7. The minimum absolute atomic E-state index is 0.0497. The van der Waals surface area contributed by atoms with Gasteiger partial charge in [0.15, 0.2) is 0 Å². The Morgan fingerprint density at radius 2 is 2.03 bits per heavy atom. The molecular formula is C25H29N5O2S. The lowest BCUT2D eigenvalue weighted by Crippen LogP contribution is -2.47. The van der Waals surface area contributed by atoms with Crippen molar-refractivity contribution in [2.75, 3.05) is 17.2 Å². The third-order valence-electron chi connectivity index (χ3n) is 6.23. The summed E-state index contributed by atoms with van der Waals surface area (Å²) in [7, 11) is -3.49. The topological polar surface area (TPSA) is 93.1 Å². The predicted octanol–water partition coefficient (Wildman–Crippen LogP) is 4.02. The van der Waals surface area contributed by atoms with Crippen LogP contribution in [0.4, 0.5) is 5.69 Å². The highest BCUT2D eigenvalue weighted by Crippen LogP contribution is 2.36.